The summed E-state index contributed by atoms with van der Waals surface area (Å²) in [6, 6.07) is 0. The summed E-state index contributed by atoms with van der Waals surface area (Å²) in [5.41, 5.74) is -0.355. The van der Waals surface area contributed by atoms with Gasteiger partial charge in [0.1, 0.15) is 0 Å². The van der Waals surface area contributed by atoms with Gasteiger partial charge in [0.25, 0.3) is 0 Å². The Morgan fingerprint density at radius 2 is 1.95 bits per heavy atom. The van der Waals surface area contributed by atoms with Crippen LogP contribution in [0.4, 0.5) is 0 Å². The maximum Gasteiger partial charge on any atom is 0.303 e. The van der Waals surface area contributed by atoms with Crippen LogP contribution >= 0.6 is 0 Å². The van der Waals surface area contributed by atoms with E-state index in [-0.39, 0.29) is 11.8 Å². The molecule has 2 unspecified atom stereocenters. The number of aromatic nitrogens is 2. The third-order valence-corrected chi connectivity index (χ3v) is 4.68. The molecule has 0 bridgehead atoms. The first-order valence-electron chi connectivity index (χ1n) is 7.50. The maximum atomic E-state index is 10.8. The van der Waals surface area contributed by atoms with Crippen LogP contribution < -0.4 is 0 Å². The highest BCUT2D eigenvalue weighted by molar-refractivity contribution is 5.67. The van der Waals surface area contributed by atoms with Crippen LogP contribution in [0.2, 0.25) is 0 Å². The van der Waals surface area contributed by atoms with Gasteiger partial charge in [0, 0.05) is 12.3 Å². The van der Waals surface area contributed by atoms with Crippen LogP contribution in [0, 0.1) is 17.3 Å². The number of hydrogen-bond acceptors (Lipinski definition) is 4. The minimum Gasteiger partial charge on any atom is -0.481 e. The Kier molecular flexibility index (Phi) is 3.30. The molecule has 2 aliphatic rings. The Labute approximate surface area is 118 Å². The molecule has 5 nitrogen and oxygen atoms in total. The molecule has 0 aliphatic heterocycles. The van der Waals surface area contributed by atoms with Crippen molar-refractivity contribution in [2.75, 3.05) is 0 Å². The van der Waals surface area contributed by atoms with Crippen LogP contribution in [0.15, 0.2) is 4.42 Å². The average molecular weight is 278 g/mol. The standard InChI is InChI=1S/C15H22N2O3/c1-15(2,8-12(18)19)7-11-16-17-14(20-11)13-9-5-3-4-6-10(9)13/h9-10,13H,3-8H2,1-2H3,(H,18,19). The van der Waals surface area contributed by atoms with Gasteiger partial charge in [0.2, 0.25) is 11.8 Å². The van der Waals surface area contributed by atoms with E-state index in [1.165, 1.54) is 25.7 Å². The lowest BCUT2D eigenvalue weighted by molar-refractivity contribution is -0.139. The molecule has 0 radical (unpaired) electrons. The fourth-order valence-corrected chi connectivity index (χ4v) is 3.71. The van der Waals surface area contributed by atoms with Gasteiger partial charge >= 0.3 is 5.97 Å². The third-order valence-electron chi connectivity index (χ3n) is 4.68. The van der Waals surface area contributed by atoms with Gasteiger partial charge in [-0.3, -0.25) is 4.79 Å². The van der Waals surface area contributed by atoms with E-state index in [0.717, 1.165) is 17.7 Å². The van der Waals surface area contributed by atoms with E-state index in [0.29, 0.717) is 18.2 Å². The Morgan fingerprint density at radius 1 is 1.30 bits per heavy atom. The van der Waals surface area contributed by atoms with Gasteiger partial charge < -0.3 is 9.52 Å². The first-order valence-corrected chi connectivity index (χ1v) is 7.50. The molecule has 1 aromatic heterocycles. The largest absolute Gasteiger partial charge is 0.481 e. The lowest BCUT2D eigenvalue weighted by atomic mass is 9.86. The summed E-state index contributed by atoms with van der Waals surface area (Å²) in [4.78, 5) is 10.8. The molecule has 2 aliphatic carbocycles. The quantitative estimate of drug-likeness (QED) is 0.896. The van der Waals surface area contributed by atoms with Crippen molar-refractivity contribution >= 4 is 5.97 Å². The van der Waals surface area contributed by atoms with E-state index in [9.17, 15) is 4.79 Å². The fourth-order valence-electron chi connectivity index (χ4n) is 3.71. The lowest BCUT2D eigenvalue weighted by Gasteiger charge is -2.19. The first kappa shape index (κ1) is 13.6. The Hall–Kier alpha value is -1.39. The van der Waals surface area contributed by atoms with Crippen molar-refractivity contribution < 1.29 is 14.3 Å². The smallest absolute Gasteiger partial charge is 0.303 e. The van der Waals surface area contributed by atoms with Crippen LogP contribution in [0.1, 0.15) is 63.7 Å². The van der Waals surface area contributed by atoms with Crippen molar-refractivity contribution in [1.29, 1.82) is 0 Å². The maximum absolute atomic E-state index is 10.8. The number of aliphatic carboxylic acids is 1. The van der Waals surface area contributed by atoms with Gasteiger partial charge in [0.15, 0.2) is 0 Å². The second-order valence-corrected chi connectivity index (χ2v) is 7.08. The van der Waals surface area contributed by atoms with E-state index in [1.54, 1.807) is 0 Å². The zero-order valence-electron chi connectivity index (χ0n) is 12.1. The highest BCUT2D eigenvalue weighted by Crippen LogP contribution is 2.60. The fraction of sp³-hybridized carbons (Fsp3) is 0.800. The van der Waals surface area contributed by atoms with E-state index >= 15 is 0 Å². The molecule has 2 atom stereocenters. The first-order chi connectivity index (χ1) is 9.46. The molecule has 0 saturated heterocycles. The van der Waals surface area contributed by atoms with E-state index in [1.807, 2.05) is 13.8 Å². The molecule has 20 heavy (non-hydrogen) atoms. The van der Waals surface area contributed by atoms with Gasteiger partial charge in [-0.15, -0.1) is 10.2 Å². The summed E-state index contributed by atoms with van der Waals surface area (Å²) < 4.78 is 5.80. The van der Waals surface area contributed by atoms with Crippen LogP contribution in [-0.4, -0.2) is 21.3 Å². The van der Waals surface area contributed by atoms with Gasteiger partial charge in [0.05, 0.1) is 6.42 Å². The Balaban J connectivity index is 1.64. The monoisotopic (exact) mass is 278 g/mol. The van der Waals surface area contributed by atoms with Gasteiger partial charge in [-0.25, -0.2) is 0 Å². The number of rotatable bonds is 5. The molecular formula is C15H22N2O3. The highest BCUT2D eigenvalue weighted by atomic mass is 16.4. The molecule has 0 aromatic carbocycles. The number of carboxylic acids is 1. The van der Waals surface area contributed by atoms with Crippen LogP contribution in [0.3, 0.4) is 0 Å². The predicted octanol–water partition coefficient (Wildman–Crippen LogP) is 3.02. The minimum absolute atomic E-state index is 0.111. The predicted molar refractivity (Wildman–Crippen MR) is 72.2 cm³/mol. The second-order valence-electron chi connectivity index (χ2n) is 7.08. The van der Waals surface area contributed by atoms with Crippen LogP contribution in [0.25, 0.3) is 0 Å². The molecule has 2 saturated carbocycles. The van der Waals surface area contributed by atoms with Crippen LogP contribution in [0.5, 0.6) is 0 Å². The van der Waals surface area contributed by atoms with Crippen molar-refractivity contribution in [1.82, 2.24) is 10.2 Å². The third kappa shape index (κ3) is 2.72. The summed E-state index contributed by atoms with van der Waals surface area (Å²) in [5, 5.41) is 17.2. The second kappa shape index (κ2) is 4.86. The van der Waals surface area contributed by atoms with Crippen LogP contribution in [-0.2, 0) is 11.2 Å². The summed E-state index contributed by atoms with van der Waals surface area (Å²) in [6.07, 6.45) is 5.86. The SMILES string of the molecule is CC(C)(CC(=O)O)Cc1nnc(C2C3CCCCC32)o1. The van der Waals surface area contributed by atoms with Crippen molar-refractivity contribution in [2.45, 2.75) is 58.3 Å². The number of hydrogen-bond donors (Lipinski definition) is 1. The van der Waals surface area contributed by atoms with Gasteiger partial charge in [-0.2, -0.15) is 0 Å². The molecule has 1 aromatic rings. The molecular weight excluding hydrogens is 256 g/mol. The van der Waals surface area contributed by atoms with E-state index in [2.05, 4.69) is 10.2 Å². The highest BCUT2D eigenvalue weighted by Gasteiger charge is 2.54. The molecule has 3 rings (SSSR count). The Bertz CT molecular complexity index is 497. The normalized spacial score (nSPS) is 29.0. The topological polar surface area (TPSA) is 76.2 Å². The molecule has 1 N–H and O–H groups in total. The number of nitrogens with zero attached hydrogens (tertiary/aromatic N) is 2. The van der Waals surface area contributed by atoms with Crippen molar-refractivity contribution in [3.63, 3.8) is 0 Å². The van der Waals surface area contributed by atoms with Crippen molar-refractivity contribution in [3.8, 4) is 0 Å². The van der Waals surface area contributed by atoms with Crippen molar-refractivity contribution in [2.24, 2.45) is 17.3 Å². The molecule has 110 valence electrons. The summed E-state index contributed by atoms with van der Waals surface area (Å²) in [6.45, 7) is 3.84. The zero-order valence-corrected chi connectivity index (χ0v) is 12.1. The van der Waals surface area contributed by atoms with Gasteiger partial charge in [-0.05, 0) is 30.1 Å². The van der Waals surface area contributed by atoms with Gasteiger partial charge in [-0.1, -0.05) is 26.7 Å². The average Bonchev–Trinajstić information content (AvgIpc) is 2.91. The molecule has 1 heterocycles. The number of fused-ring (bicyclic) bond motifs is 1. The van der Waals surface area contributed by atoms with Crippen molar-refractivity contribution in [3.05, 3.63) is 11.8 Å². The number of carbonyl (C=O) groups is 1. The van der Waals surface area contributed by atoms with E-state index in [4.69, 9.17) is 9.52 Å². The molecule has 0 amide bonds. The summed E-state index contributed by atoms with van der Waals surface area (Å²) >= 11 is 0. The number of carboxylic acid groups (broad SMARTS) is 1. The minimum atomic E-state index is -0.789. The molecule has 2 fully saturated rings. The summed E-state index contributed by atoms with van der Waals surface area (Å²) in [5.74, 6) is 2.55. The lowest BCUT2D eigenvalue weighted by Crippen LogP contribution is -2.19. The molecule has 0 spiro atoms. The Morgan fingerprint density at radius 3 is 2.55 bits per heavy atom. The van der Waals surface area contributed by atoms with E-state index < -0.39 is 5.97 Å². The zero-order chi connectivity index (χ0) is 14.3. The molecule has 5 heteroatoms. The summed E-state index contributed by atoms with van der Waals surface area (Å²) in [7, 11) is 0.